The van der Waals surface area contributed by atoms with Crippen LogP contribution in [-0.4, -0.2) is 44.4 Å². The van der Waals surface area contributed by atoms with Gasteiger partial charge in [0, 0.05) is 27.9 Å². The Morgan fingerprint density at radius 1 is 1.42 bits per heavy atom. The number of hydrogen-bond acceptors (Lipinski definition) is 3. The fourth-order valence-corrected chi connectivity index (χ4v) is 4.92. The fourth-order valence-electron chi connectivity index (χ4n) is 1.82. The van der Waals surface area contributed by atoms with E-state index in [2.05, 4.69) is 31.9 Å². The molecule has 106 valence electrons. The molecule has 1 unspecified atom stereocenters. The average molecular weight is 434 g/mol. The minimum Gasteiger partial charge on any atom is -0.374 e. The van der Waals surface area contributed by atoms with Crippen molar-refractivity contribution in [1.29, 1.82) is 0 Å². The van der Waals surface area contributed by atoms with Crippen LogP contribution in [0.25, 0.3) is 0 Å². The number of morpholine rings is 1. The fraction of sp³-hybridized carbons (Fsp3) is 0.455. The average Bonchev–Trinajstić information content (AvgIpc) is 2.41. The van der Waals surface area contributed by atoms with Crippen molar-refractivity contribution >= 4 is 53.5 Å². The van der Waals surface area contributed by atoms with E-state index in [-0.39, 0.29) is 23.4 Å². The molecule has 1 aromatic rings. The van der Waals surface area contributed by atoms with Gasteiger partial charge in [-0.05, 0) is 34.1 Å². The van der Waals surface area contributed by atoms with E-state index >= 15 is 0 Å². The van der Waals surface area contributed by atoms with Crippen molar-refractivity contribution in [2.75, 3.05) is 25.6 Å². The molecule has 0 amide bonds. The van der Waals surface area contributed by atoms with Crippen LogP contribution in [0.1, 0.15) is 0 Å². The summed E-state index contributed by atoms with van der Waals surface area (Å²) in [5.41, 5.74) is 0. The van der Waals surface area contributed by atoms with Gasteiger partial charge in [0.15, 0.2) is 0 Å². The highest BCUT2D eigenvalue weighted by Crippen LogP contribution is 2.29. The quantitative estimate of drug-likeness (QED) is 0.689. The Morgan fingerprint density at radius 3 is 2.84 bits per heavy atom. The normalized spacial score (nSPS) is 21.5. The summed E-state index contributed by atoms with van der Waals surface area (Å²) in [5.74, 6) is 0.283. The number of alkyl halides is 1. The largest absolute Gasteiger partial charge is 0.374 e. The van der Waals surface area contributed by atoms with Crippen LogP contribution in [0.2, 0.25) is 0 Å². The van der Waals surface area contributed by atoms with E-state index < -0.39 is 10.0 Å². The zero-order chi connectivity index (χ0) is 14.0. The third kappa shape index (κ3) is 3.51. The second-order valence-corrected chi connectivity index (χ2v) is 8.07. The molecule has 0 spiro atoms. The minimum absolute atomic E-state index is 0.247. The van der Waals surface area contributed by atoms with Crippen LogP contribution in [-0.2, 0) is 14.8 Å². The highest BCUT2D eigenvalue weighted by atomic mass is 79.9. The number of rotatable bonds is 3. The molecule has 0 aromatic heterocycles. The molecule has 0 saturated carbocycles. The first-order valence-electron chi connectivity index (χ1n) is 5.58. The van der Waals surface area contributed by atoms with E-state index in [9.17, 15) is 8.42 Å². The van der Waals surface area contributed by atoms with E-state index in [4.69, 9.17) is 16.3 Å². The van der Waals surface area contributed by atoms with Gasteiger partial charge in [-0.25, -0.2) is 8.42 Å². The Bertz CT molecular complexity index is 567. The molecule has 0 aliphatic carbocycles. The molecule has 1 aliphatic heterocycles. The van der Waals surface area contributed by atoms with Crippen molar-refractivity contribution in [1.82, 2.24) is 4.31 Å². The Labute approximate surface area is 134 Å². The molecule has 19 heavy (non-hydrogen) atoms. The van der Waals surface area contributed by atoms with Crippen LogP contribution < -0.4 is 0 Å². The smallest absolute Gasteiger partial charge is 0.244 e. The molecule has 1 saturated heterocycles. The predicted octanol–water partition coefficient (Wildman–Crippen LogP) is 2.84. The third-order valence-corrected chi connectivity index (χ3v) is 6.48. The van der Waals surface area contributed by atoms with Gasteiger partial charge in [-0.3, -0.25) is 0 Å². The van der Waals surface area contributed by atoms with Gasteiger partial charge in [0.05, 0.1) is 17.6 Å². The van der Waals surface area contributed by atoms with Crippen molar-refractivity contribution in [3.05, 3.63) is 27.1 Å². The Balaban J connectivity index is 2.34. The molecule has 1 fully saturated rings. The summed E-state index contributed by atoms with van der Waals surface area (Å²) in [6, 6.07) is 5.07. The SMILES string of the molecule is O=S(=O)(c1cc(Br)ccc1Br)N1CCOC(CCl)C1. The monoisotopic (exact) mass is 431 g/mol. The van der Waals surface area contributed by atoms with Crippen LogP contribution >= 0.6 is 43.5 Å². The summed E-state index contributed by atoms with van der Waals surface area (Å²) in [5, 5.41) is 0. The standard InChI is InChI=1S/C11H12Br2ClNO3S/c12-8-1-2-10(13)11(5-8)19(16,17)15-3-4-18-9(6-14)7-15/h1-2,5,9H,3-4,6-7H2. The van der Waals surface area contributed by atoms with Gasteiger partial charge in [0.25, 0.3) is 0 Å². The summed E-state index contributed by atoms with van der Waals surface area (Å²) in [6.07, 6.45) is -0.254. The highest BCUT2D eigenvalue weighted by molar-refractivity contribution is 9.11. The maximum atomic E-state index is 12.6. The summed E-state index contributed by atoms with van der Waals surface area (Å²) >= 11 is 12.3. The van der Waals surface area contributed by atoms with Crippen LogP contribution in [0, 0.1) is 0 Å². The van der Waals surface area contributed by atoms with Crippen molar-refractivity contribution in [3.63, 3.8) is 0 Å². The number of nitrogens with zero attached hydrogens (tertiary/aromatic N) is 1. The van der Waals surface area contributed by atoms with Crippen molar-refractivity contribution in [2.24, 2.45) is 0 Å². The molecule has 0 N–H and O–H groups in total. The molecule has 0 radical (unpaired) electrons. The van der Waals surface area contributed by atoms with Crippen molar-refractivity contribution in [3.8, 4) is 0 Å². The van der Waals surface area contributed by atoms with Crippen LogP contribution in [0.4, 0.5) is 0 Å². The maximum Gasteiger partial charge on any atom is 0.244 e. The molecular weight excluding hydrogens is 421 g/mol. The molecule has 1 atom stereocenters. The first-order chi connectivity index (χ1) is 8.95. The summed E-state index contributed by atoms with van der Waals surface area (Å²) in [4.78, 5) is 0.247. The summed E-state index contributed by atoms with van der Waals surface area (Å²) in [6.45, 7) is 0.988. The Morgan fingerprint density at radius 2 is 2.16 bits per heavy atom. The first kappa shape index (κ1) is 15.7. The van der Waals surface area contributed by atoms with Crippen LogP contribution in [0.15, 0.2) is 32.0 Å². The summed E-state index contributed by atoms with van der Waals surface area (Å²) < 4.78 is 33.3. The second-order valence-electron chi connectivity index (χ2n) is 4.08. The van der Waals surface area contributed by atoms with Gasteiger partial charge in [0.1, 0.15) is 0 Å². The number of benzene rings is 1. The zero-order valence-corrected chi connectivity index (χ0v) is 14.6. The molecule has 2 rings (SSSR count). The van der Waals surface area contributed by atoms with Crippen LogP contribution in [0.3, 0.4) is 0 Å². The van der Waals surface area contributed by atoms with Crippen molar-refractivity contribution in [2.45, 2.75) is 11.0 Å². The molecule has 1 heterocycles. The molecular formula is C11H12Br2ClNO3S. The van der Waals surface area contributed by atoms with E-state index in [1.807, 2.05) is 0 Å². The lowest BCUT2D eigenvalue weighted by atomic mass is 10.3. The second kappa shape index (κ2) is 6.41. The van der Waals surface area contributed by atoms with Gasteiger partial charge in [0.2, 0.25) is 10.0 Å². The van der Waals surface area contributed by atoms with Gasteiger partial charge in [-0.2, -0.15) is 4.31 Å². The van der Waals surface area contributed by atoms with Gasteiger partial charge in [-0.15, -0.1) is 11.6 Å². The van der Waals surface area contributed by atoms with Crippen LogP contribution in [0.5, 0.6) is 0 Å². The zero-order valence-electron chi connectivity index (χ0n) is 9.85. The molecule has 4 nitrogen and oxygen atoms in total. The lowest BCUT2D eigenvalue weighted by molar-refractivity contribution is 0.0122. The van der Waals surface area contributed by atoms with Gasteiger partial charge < -0.3 is 4.74 Å². The number of hydrogen-bond donors (Lipinski definition) is 0. The molecule has 8 heteroatoms. The number of halogens is 3. The van der Waals surface area contributed by atoms with E-state index in [1.165, 1.54) is 4.31 Å². The topological polar surface area (TPSA) is 46.6 Å². The van der Waals surface area contributed by atoms with Gasteiger partial charge in [-0.1, -0.05) is 15.9 Å². The molecule has 0 bridgehead atoms. The third-order valence-electron chi connectivity index (χ3n) is 2.78. The maximum absolute atomic E-state index is 12.6. The highest BCUT2D eigenvalue weighted by Gasteiger charge is 2.31. The lowest BCUT2D eigenvalue weighted by Crippen LogP contribution is -2.46. The Kier molecular flexibility index (Phi) is 5.30. The lowest BCUT2D eigenvalue weighted by Gasteiger charge is -2.31. The Hall–Kier alpha value is 0.340. The van der Waals surface area contributed by atoms with Gasteiger partial charge >= 0.3 is 0 Å². The van der Waals surface area contributed by atoms with E-state index in [0.29, 0.717) is 17.6 Å². The molecule has 1 aromatic carbocycles. The van der Waals surface area contributed by atoms with Crippen molar-refractivity contribution < 1.29 is 13.2 Å². The predicted molar refractivity (Wildman–Crippen MR) is 81.1 cm³/mol. The molecule has 1 aliphatic rings. The minimum atomic E-state index is -3.54. The van der Waals surface area contributed by atoms with E-state index in [1.54, 1.807) is 18.2 Å². The number of ether oxygens (including phenoxy) is 1. The first-order valence-corrected chi connectivity index (χ1v) is 9.14. The number of sulfonamides is 1. The van der Waals surface area contributed by atoms with E-state index in [0.717, 1.165) is 4.47 Å². The summed E-state index contributed by atoms with van der Waals surface area (Å²) in [7, 11) is -3.54.